The van der Waals surface area contributed by atoms with Gasteiger partial charge >= 0.3 is 0 Å². The van der Waals surface area contributed by atoms with Crippen LogP contribution in [0.5, 0.6) is 0 Å². The van der Waals surface area contributed by atoms with E-state index in [0.29, 0.717) is 0 Å². The third-order valence-corrected chi connectivity index (χ3v) is 5.28. The van der Waals surface area contributed by atoms with Gasteiger partial charge in [-0.2, -0.15) is 0 Å². The third kappa shape index (κ3) is 5.09. The molecule has 0 spiro atoms. The zero-order valence-corrected chi connectivity index (χ0v) is 16.2. The summed E-state index contributed by atoms with van der Waals surface area (Å²) in [5, 5.41) is 8.57. The molecule has 4 nitrogen and oxygen atoms in total. The smallest absolute Gasteiger partial charge is 0.157 e. The van der Waals surface area contributed by atoms with E-state index in [2.05, 4.69) is 48.4 Å². The van der Waals surface area contributed by atoms with E-state index in [0.717, 1.165) is 25.7 Å². The van der Waals surface area contributed by atoms with Crippen molar-refractivity contribution in [1.29, 1.82) is 0 Å². The largest absolute Gasteiger partial charge is 0.387 e. The van der Waals surface area contributed by atoms with Crippen LogP contribution in [0.15, 0.2) is 34.6 Å². The molecule has 0 saturated heterocycles. The van der Waals surface area contributed by atoms with E-state index in [1.54, 1.807) is 0 Å². The highest BCUT2D eigenvalue weighted by molar-refractivity contribution is 5.86. The molecule has 2 atom stereocenters. The Morgan fingerprint density at radius 1 is 0.731 bits per heavy atom. The maximum Gasteiger partial charge on any atom is 0.157 e. The summed E-state index contributed by atoms with van der Waals surface area (Å²) in [5.74, 6) is 0. The van der Waals surface area contributed by atoms with Crippen molar-refractivity contribution in [2.45, 2.75) is 90.3 Å². The first kappa shape index (κ1) is 18.9. The van der Waals surface area contributed by atoms with Crippen molar-refractivity contribution in [2.75, 3.05) is 0 Å². The summed E-state index contributed by atoms with van der Waals surface area (Å²) >= 11 is 0. The van der Waals surface area contributed by atoms with Gasteiger partial charge in [0, 0.05) is 12.8 Å². The van der Waals surface area contributed by atoms with E-state index in [1.165, 1.54) is 61.1 Å². The molecule has 0 amide bonds. The summed E-state index contributed by atoms with van der Waals surface area (Å²) < 4.78 is 0. The van der Waals surface area contributed by atoms with Crippen molar-refractivity contribution in [3.8, 4) is 0 Å². The highest BCUT2D eigenvalue weighted by atomic mass is 16.6. The zero-order chi connectivity index (χ0) is 18.2. The fourth-order valence-corrected chi connectivity index (χ4v) is 3.59. The van der Waals surface area contributed by atoms with Crippen molar-refractivity contribution >= 4 is 11.4 Å². The van der Waals surface area contributed by atoms with Crippen LogP contribution in [0.25, 0.3) is 0 Å². The number of benzene rings is 1. The van der Waals surface area contributed by atoms with E-state index < -0.39 is 0 Å². The highest BCUT2D eigenvalue weighted by Crippen LogP contribution is 2.32. The molecule has 1 aromatic carbocycles. The van der Waals surface area contributed by atoms with Gasteiger partial charge in [0.1, 0.15) is 0 Å². The number of nitrogens with zero attached hydrogens (tertiary/aromatic N) is 2. The minimum atomic E-state index is 0.0750. The first-order valence-electron chi connectivity index (χ1n) is 10.3. The lowest BCUT2D eigenvalue weighted by Crippen LogP contribution is -2.03. The number of unbranched alkanes of at least 4 members (excludes halogenated alkanes) is 4. The quantitative estimate of drug-likeness (QED) is 0.450. The summed E-state index contributed by atoms with van der Waals surface area (Å²) in [6, 6.07) is 8.62. The van der Waals surface area contributed by atoms with Gasteiger partial charge in [-0.3, -0.25) is 0 Å². The Morgan fingerprint density at radius 3 is 1.54 bits per heavy atom. The van der Waals surface area contributed by atoms with Crippen LogP contribution in [-0.4, -0.2) is 11.4 Å². The molecule has 0 aliphatic carbocycles. The van der Waals surface area contributed by atoms with Crippen molar-refractivity contribution in [2.24, 2.45) is 10.3 Å². The predicted octanol–water partition coefficient (Wildman–Crippen LogP) is 6.48. The molecule has 142 valence electrons. The van der Waals surface area contributed by atoms with Crippen LogP contribution in [0.2, 0.25) is 0 Å². The molecular weight excluding hydrogens is 324 g/mol. The molecule has 0 fully saturated rings. The first-order valence-corrected chi connectivity index (χ1v) is 10.3. The zero-order valence-electron chi connectivity index (χ0n) is 16.2. The molecule has 2 unspecified atom stereocenters. The number of oxime groups is 2. The van der Waals surface area contributed by atoms with E-state index >= 15 is 0 Å². The van der Waals surface area contributed by atoms with Crippen molar-refractivity contribution in [1.82, 2.24) is 0 Å². The summed E-state index contributed by atoms with van der Waals surface area (Å²) in [4.78, 5) is 11.3. The molecule has 2 aliphatic rings. The molecule has 2 heterocycles. The molecule has 3 rings (SSSR count). The maximum absolute atomic E-state index is 5.65. The topological polar surface area (TPSA) is 43.2 Å². The molecule has 4 heteroatoms. The summed E-state index contributed by atoms with van der Waals surface area (Å²) in [5.41, 5.74) is 4.81. The molecule has 0 saturated carbocycles. The van der Waals surface area contributed by atoms with Crippen LogP contribution in [0.1, 0.15) is 101 Å². The Bertz CT molecular complexity index is 567. The van der Waals surface area contributed by atoms with Crippen molar-refractivity contribution < 1.29 is 9.68 Å². The average Bonchev–Trinajstić information content (AvgIpc) is 3.32. The predicted molar refractivity (Wildman–Crippen MR) is 106 cm³/mol. The van der Waals surface area contributed by atoms with Crippen LogP contribution < -0.4 is 0 Å². The summed E-state index contributed by atoms with van der Waals surface area (Å²) in [6.07, 6.45) is 11.6. The normalized spacial score (nSPS) is 21.9. The van der Waals surface area contributed by atoms with Crippen molar-refractivity contribution in [3.05, 3.63) is 35.4 Å². The van der Waals surface area contributed by atoms with E-state index in [9.17, 15) is 0 Å². The van der Waals surface area contributed by atoms with Crippen molar-refractivity contribution in [3.63, 3.8) is 0 Å². The fourth-order valence-electron chi connectivity index (χ4n) is 3.59. The number of hydrogen-bond donors (Lipinski definition) is 0. The van der Waals surface area contributed by atoms with Gasteiger partial charge in [-0.25, -0.2) is 0 Å². The van der Waals surface area contributed by atoms with Gasteiger partial charge in [-0.1, -0.05) is 74.1 Å². The standard InChI is InChI=1S/C22H32N2O2/c1-3-5-7-9-19-15-21(25-23-19)17-11-13-18(14-12-17)22-16-20(24-26-22)10-8-6-4-2/h11-14,21-22H,3-10,15-16H2,1-2H3. The van der Waals surface area contributed by atoms with Crippen LogP contribution >= 0.6 is 0 Å². The highest BCUT2D eigenvalue weighted by Gasteiger charge is 2.25. The summed E-state index contributed by atoms with van der Waals surface area (Å²) in [6.45, 7) is 4.45. The van der Waals surface area contributed by atoms with Gasteiger partial charge in [-0.15, -0.1) is 0 Å². The van der Waals surface area contributed by atoms with Gasteiger partial charge in [0.05, 0.1) is 11.4 Å². The van der Waals surface area contributed by atoms with Gasteiger partial charge in [0.15, 0.2) is 12.2 Å². The Labute approximate surface area is 157 Å². The molecular formula is C22H32N2O2. The first-order chi connectivity index (χ1) is 12.8. The number of rotatable bonds is 10. The minimum Gasteiger partial charge on any atom is -0.387 e. The Balaban J connectivity index is 1.46. The lowest BCUT2D eigenvalue weighted by molar-refractivity contribution is 0.0832. The van der Waals surface area contributed by atoms with E-state index in [-0.39, 0.29) is 12.2 Å². The Morgan fingerprint density at radius 2 is 1.15 bits per heavy atom. The van der Waals surface area contributed by atoms with Crippen LogP contribution in [0.4, 0.5) is 0 Å². The van der Waals surface area contributed by atoms with Crippen LogP contribution in [0, 0.1) is 0 Å². The van der Waals surface area contributed by atoms with E-state index in [1.807, 2.05) is 0 Å². The van der Waals surface area contributed by atoms with Gasteiger partial charge < -0.3 is 9.68 Å². The van der Waals surface area contributed by atoms with Crippen LogP contribution in [-0.2, 0) is 9.68 Å². The number of hydrogen-bond acceptors (Lipinski definition) is 4. The maximum atomic E-state index is 5.65. The third-order valence-electron chi connectivity index (χ3n) is 5.28. The fraction of sp³-hybridized carbons (Fsp3) is 0.636. The molecule has 0 bridgehead atoms. The molecule has 0 N–H and O–H groups in total. The van der Waals surface area contributed by atoms with E-state index in [4.69, 9.17) is 9.68 Å². The second kappa shape index (κ2) is 9.75. The van der Waals surface area contributed by atoms with Crippen LogP contribution in [0.3, 0.4) is 0 Å². The van der Waals surface area contributed by atoms with Gasteiger partial charge in [0.25, 0.3) is 0 Å². The molecule has 26 heavy (non-hydrogen) atoms. The molecule has 1 aromatic rings. The Hall–Kier alpha value is -1.84. The second-order valence-corrected chi connectivity index (χ2v) is 7.49. The van der Waals surface area contributed by atoms with Gasteiger partial charge in [0.2, 0.25) is 0 Å². The monoisotopic (exact) mass is 356 g/mol. The lowest BCUT2D eigenvalue weighted by Gasteiger charge is -2.12. The Kier molecular flexibility index (Phi) is 7.10. The summed E-state index contributed by atoms with van der Waals surface area (Å²) in [7, 11) is 0. The van der Waals surface area contributed by atoms with Gasteiger partial charge in [-0.05, 0) is 36.8 Å². The average molecular weight is 357 g/mol. The SMILES string of the molecule is CCCCCC1=NOC(c2ccc(C3CC(CCCCC)=NO3)cc2)C1. The molecule has 0 aromatic heterocycles. The second-order valence-electron chi connectivity index (χ2n) is 7.49. The molecule has 0 radical (unpaired) electrons. The lowest BCUT2D eigenvalue weighted by atomic mass is 9.97. The molecule has 2 aliphatic heterocycles. The minimum absolute atomic E-state index is 0.0750.